The van der Waals surface area contributed by atoms with Crippen molar-refractivity contribution in [3.8, 4) is 11.8 Å². The van der Waals surface area contributed by atoms with Crippen molar-refractivity contribution in [3.05, 3.63) is 59.7 Å². The highest BCUT2D eigenvalue weighted by Gasteiger charge is 2.18. The third kappa shape index (κ3) is 5.10. The fourth-order valence-corrected chi connectivity index (χ4v) is 3.21. The van der Waals surface area contributed by atoms with E-state index in [9.17, 15) is 9.59 Å². The van der Waals surface area contributed by atoms with Crippen LogP contribution in [0.4, 0.5) is 5.69 Å². The molecule has 1 aliphatic carbocycles. The van der Waals surface area contributed by atoms with Crippen molar-refractivity contribution in [2.24, 2.45) is 0 Å². The molecule has 0 radical (unpaired) electrons. The van der Waals surface area contributed by atoms with Crippen LogP contribution in [0.15, 0.2) is 48.5 Å². The highest BCUT2D eigenvalue weighted by Crippen LogP contribution is 2.26. The quantitative estimate of drug-likeness (QED) is 0.660. The highest BCUT2D eigenvalue weighted by atomic mass is 16.6. The van der Waals surface area contributed by atoms with Gasteiger partial charge in [-0.3, -0.25) is 4.79 Å². The maximum absolute atomic E-state index is 12.5. The van der Waals surface area contributed by atoms with Gasteiger partial charge in [0.25, 0.3) is 5.91 Å². The Bertz CT molecular complexity index is 874. The molecule has 28 heavy (non-hydrogen) atoms. The second-order valence-corrected chi connectivity index (χ2v) is 6.52. The van der Waals surface area contributed by atoms with Crippen molar-refractivity contribution in [3.63, 3.8) is 0 Å². The van der Waals surface area contributed by atoms with Crippen LogP contribution in [0.3, 0.4) is 0 Å². The van der Waals surface area contributed by atoms with Gasteiger partial charge < -0.3 is 14.4 Å². The summed E-state index contributed by atoms with van der Waals surface area (Å²) in [5.41, 5.74) is 3.25. The van der Waals surface area contributed by atoms with Crippen molar-refractivity contribution < 1.29 is 19.1 Å². The van der Waals surface area contributed by atoms with Crippen LogP contribution in [-0.2, 0) is 27.2 Å². The molecule has 0 atom stereocenters. The summed E-state index contributed by atoms with van der Waals surface area (Å²) in [7, 11) is 0. The number of hydrogen-bond donors (Lipinski definition) is 0. The molecule has 0 heterocycles. The fraction of sp³-hybridized carbons (Fsp3) is 0.318. The van der Waals surface area contributed by atoms with E-state index in [2.05, 4.69) is 0 Å². The van der Waals surface area contributed by atoms with Crippen molar-refractivity contribution in [2.75, 3.05) is 24.7 Å². The minimum atomic E-state index is -0.609. The number of anilines is 1. The van der Waals surface area contributed by atoms with Gasteiger partial charge in [-0.05, 0) is 54.7 Å². The van der Waals surface area contributed by atoms with Gasteiger partial charge in [0.05, 0.1) is 12.5 Å². The van der Waals surface area contributed by atoms with Crippen LogP contribution in [-0.4, -0.2) is 31.6 Å². The number of nitrogens with zero attached hydrogens (tertiary/aromatic N) is 2. The normalized spacial score (nSPS) is 12.0. The molecular formula is C22H22N2O4. The first-order valence-electron chi connectivity index (χ1n) is 9.30. The zero-order chi connectivity index (χ0) is 19.8. The van der Waals surface area contributed by atoms with Crippen LogP contribution in [0.25, 0.3) is 0 Å². The molecule has 0 saturated heterocycles. The fourth-order valence-electron chi connectivity index (χ4n) is 3.21. The Labute approximate surface area is 164 Å². The van der Waals surface area contributed by atoms with Gasteiger partial charge >= 0.3 is 5.97 Å². The van der Waals surface area contributed by atoms with Gasteiger partial charge in [0, 0.05) is 12.2 Å². The molecule has 0 aromatic heterocycles. The Morgan fingerprint density at radius 1 is 1.04 bits per heavy atom. The number of rotatable bonds is 8. The van der Waals surface area contributed by atoms with E-state index < -0.39 is 12.6 Å². The number of fused-ring (bicyclic) bond motifs is 1. The van der Waals surface area contributed by atoms with Gasteiger partial charge in [-0.1, -0.05) is 24.3 Å². The van der Waals surface area contributed by atoms with Crippen molar-refractivity contribution in [2.45, 2.75) is 25.7 Å². The Kier molecular flexibility index (Phi) is 6.64. The maximum Gasteiger partial charge on any atom is 0.344 e. The van der Waals surface area contributed by atoms with E-state index in [-0.39, 0.29) is 25.5 Å². The van der Waals surface area contributed by atoms with Gasteiger partial charge in [-0.15, -0.1) is 0 Å². The Morgan fingerprint density at radius 2 is 1.82 bits per heavy atom. The molecule has 3 rings (SSSR count). The molecule has 6 heteroatoms. The first kappa shape index (κ1) is 19.4. The van der Waals surface area contributed by atoms with Crippen LogP contribution < -0.4 is 9.64 Å². The lowest BCUT2D eigenvalue weighted by Crippen LogP contribution is -2.36. The molecular weight excluding hydrogens is 356 g/mol. The van der Waals surface area contributed by atoms with Crippen molar-refractivity contribution in [1.29, 1.82) is 5.26 Å². The van der Waals surface area contributed by atoms with Gasteiger partial charge in [-0.2, -0.15) is 5.26 Å². The molecule has 0 N–H and O–H groups in total. The molecule has 0 saturated carbocycles. The summed E-state index contributed by atoms with van der Waals surface area (Å²) in [5, 5.41) is 8.81. The number of esters is 1. The number of amides is 1. The number of carbonyl (C=O) groups excluding carboxylic acids is 2. The number of aryl methyl sites for hydroxylation is 2. The molecule has 1 amide bonds. The zero-order valence-electron chi connectivity index (χ0n) is 15.6. The first-order chi connectivity index (χ1) is 13.7. The number of nitriles is 1. The van der Waals surface area contributed by atoms with E-state index in [0.717, 1.165) is 19.3 Å². The minimum absolute atomic E-state index is 0.190. The molecule has 0 spiro atoms. The van der Waals surface area contributed by atoms with Crippen molar-refractivity contribution in [1.82, 2.24) is 0 Å². The zero-order valence-corrected chi connectivity index (χ0v) is 15.6. The lowest BCUT2D eigenvalue weighted by atomic mass is 10.1. The average Bonchev–Trinajstić information content (AvgIpc) is 3.19. The summed E-state index contributed by atoms with van der Waals surface area (Å²) < 4.78 is 10.6. The van der Waals surface area contributed by atoms with Crippen molar-refractivity contribution >= 4 is 17.6 Å². The molecule has 2 aromatic carbocycles. The Balaban J connectivity index is 1.49. The Morgan fingerprint density at radius 3 is 2.61 bits per heavy atom. The van der Waals surface area contributed by atoms with E-state index in [1.54, 1.807) is 24.3 Å². The molecule has 6 nitrogen and oxygen atoms in total. The Hall–Kier alpha value is -3.33. The molecule has 0 fully saturated rings. The summed E-state index contributed by atoms with van der Waals surface area (Å²) in [6, 6.07) is 16.8. The number of benzene rings is 2. The van der Waals surface area contributed by atoms with Crippen LogP contribution in [0.2, 0.25) is 0 Å². The highest BCUT2D eigenvalue weighted by molar-refractivity contribution is 5.95. The van der Waals surface area contributed by atoms with E-state index in [1.807, 2.05) is 30.3 Å². The number of hydrogen-bond acceptors (Lipinski definition) is 5. The largest absolute Gasteiger partial charge is 0.482 e. The number of ether oxygens (including phenoxy) is 2. The second kappa shape index (κ2) is 9.56. The molecule has 0 aliphatic heterocycles. The first-order valence-corrected chi connectivity index (χ1v) is 9.30. The van der Waals surface area contributed by atoms with Crippen LogP contribution in [0.5, 0.6) is 5.75 Å². The third-order valence-electron chi connectivity index (χ3n) is 4.60. The molecule has 0 bridgehead atoms. The summed E-state index contributed by atoms with van der Waals surface area (Å²) >= 11 is 0. The predicted octanol–water partition coefficient (Wildman–Crippen LogP) is 3.04. The van der Waals surface area contributed by atoms with Gasteiger partial charge in [-0.25, -0.2) is 4.79 Å². The van der Waals surface area contributed by atoms with Gasteiger partial charge in [0.1, 0.15) is 5.75 Å². The molecule has 144 valence electrons. The molecule has 1 aliphatic rings. The SMILES string of the molecule is N#CCCN(C(=O)COC(=O)COc1ccc2c(c1)CCC2)c1ccccc1. The van der Waals surface area contributed by atoms with Gasteiger partial charge in [0.15, 0.2) is 13.2 Å². The lowest BCUT2D eigenvalue weighted by Gasteiger charge is -2.21. The molecule has 2 aromatic rings. The van der Waals surface area contributed by atoms with E-state index >= 15 is 0 Å². The summed E-state index contributed by atoms with van der Waals surface area (Å²) in [5.74, 6) is -0.363. The van der Waals surface area contributed by atoms with Gasteiger partial charge in [0.2, 0.25) is 0 Å². The maximum atomic E-state index is 12.5. The second-order valence-electron chi connectivity index (χ2n) is 6.52. The van der Waals surface area contributed by atoms with Crippen LogP contribution >= 0.6 is 0 Å². The topological polar surface area (TPSA) is 79.6 Å². The predicted molar refractivity (Wildman–Crippen MR) is 104 cm³/mol. The summed E-state index contributed by atoms with van der Waals surface area (Å²) in [6.07, 6.45) is 3.45. The van der Waals surface area contributed by atoms with E-state index in [0.29, 0.717) is 11.4 Å². The minimum Gasteiger partial charge on any atom is -0.482 e. The monoisotopic (exact) mass is 378 g/mol. The number of carbonyl (C=O) groups is 2. The van der Waals surface area contributed by atoms with Crippen LogP contribution in [0.1, 0.15) is 24.0 Å². The van der Waals surface area contributed by atoms with E-state index in [4.69, 9.17) is 14.7 Å². The lowest BCUT2D eigenvalue weighted by molar-refractivity contribution is -0.149. The van der Waals surface area contributed by atoms with E-state index in [1.165, 1.54) is 16.0 Å². The smallest absolute Gasteiger partial charge is 0.344 e. The average molecular weight is 378 g/mol. The third-order valence-corrected chi connectivity index (χ3v) is 4.60. The van der Waals surface area contributed by atoms with Crippen LogP contribution in [0, 0.1) is 11.3 Å². The molecule has 0 unspecified atom stereocenters. The summed E-state index contributed by atoms with van der Waals surface area (Å²) in [4.78, 5) is 25.9. The standard InChI is InChI=1S/C22H22N2O4/c23-12-5-13-24(19-8-2-1-3-9-19)21(25)15-28-22(26)16-27-20-11-10-17-6-4-7-18(17)14-20/h1-3,8-11,14H,4-7,13,15-16H2. The summed E-state index contributed by atoms with van der Waals surface area (Å²) in [6.45, 7) is -0.412. The number of para-hydroxylation sites is 1.